The van der Waals surface area contributed by atoms with Crippen molar-refractivity contribution in [3.8, 4) is 0 Å². The first kappa shape index (κ1) is 24.0. The van der Waals surface area contributed by atoms with Crippen molar-refractivity contribution < 1.29 is 9.53 Å². The number of nitrogens with zero attached hydrogens (tertiary/aromatic N) is 2. The highest BCUT2D eigenvalue weighted by Crippen LogP contribution is 2.21. The number of likely N-dealkylation sites (tertiary alicyclic amines) is 1. The molecule has 1 aromatic rings. The number of ether oxygens (including phenoxy) is 1. The second-order valence-corrected chi connectivity index (χ2v) is 8.07. The molecule has 1 saturated heterocycles. The molecular weight excluding hydrogens is 378 g/mol. The zero-order valence-electron chi connectivity index (χ0n) is 19.2. The molecule has 168 valence electrons. The summed E-state index contributed by atoms with van der Waals surface area (Å²) in [6, 6.07) is 11.1. The van der Waals surface area contributed by atoms with Crippen LogP contribution in [0, 0.1) is 0 Å². The van der Waals surface area contributed by atoms with Gasteiger partial charge < -0.3 is 25.6 Å². The van der Waals surface area contributed by atoms with E-state index < -0.39 is 0 Å². The van der Waals surface area contributed by atoms with Gasteiger partial charge in [-0.2, -0.15) is 0 Å². The lowest BCUT2D eigenvalue weighted by atomic mass is 9.90. The summed E-state index contributed by atoms with van der Waals surface area (Å²) >= 11 is 0. The van der Waals surface area contributed by atoms with E-state index in [0.29, 0.717) is 19.1 Å². The van der Waals surface area contributed by atoms with E-state index in [0.717, 1.165) is 38.2 Å². The Hall–Kier alpha value is -2.28. The molecule has 1 atom stereocenters. The molecule has 1 heterocycles. The van der Waals surface area contributed by atoms with Gasteiger partial charge in [0.25, 0.3) is 0 Å². The van der Waals surface area contributed by atoms with Gasteiger partial charge in [-0.15, -0.1) is 0 Å². The lowest BCUT2D eigenvalue weighted by Crippen LogP contribution is -2.56. The fourth-order valence-corrected chi connectivity index (χ4v) is 4.02. The third kappa shape index (κ3) is 6.62. The Morgan fingerprint density at radius 2 is 1.87 bits per heavy atom. The van der Waals surface area contributed by atoms with Crippen LogP contribution in [0.5, 0.6) is 0 Å². The number of piperidine rings is 1. The number of guanidine groups is 1. The molecule has 7 heteroatoms. The van der Waals surface area contributed by atoms with E-state index >= 15 is 0 Å². The smallest absolute Gasteiger partial charge is 0.409 e. The number of amides is 1. The SMILES string of the molecule is CCC(CC)(CNC(=NC)NC1CCN(C(=O)OC)CC1)NC(C)c1ccccc1. The van der Waals surface area contributed by atoms with Crippen molar-refractivity contribution in [2.24, 2.45) is 4.99 Å². The zero-order chi connectivity index (χ0) is 22.0. The van der Waals surface area contributed by atoms with Crippen LogP contribution in [0.25, 0.3) is 0 Å². The topological polar surface area (TPSA) is 78.0 Å². The maximum atomic E-state index is 11.7. The Bertz CT molecular complexity index is 667. The molecule has 0 bridgehead atoms. The van der Waals surface area contributed by atoms with Gasteiger partial charge in [-0.3, -0.25) is 4.99 Å². The largest absolute Gasteiger partial charge is 0.453 e. The Labute approximate surface area is 181 Å². The predicted molar refractivity (Wildman–Crippen MR) is 123 cm³/mol. The van der Waals surface area contributed by atoms with Gasteiger partial charge in [0.1, 0.15) is 0 Å². The maximum absolute atomic E-state index is 11.7. The summed E-state index contributed by atoms with van der Waals surface area (Å²) in [6.07, 6.45) is 3.55. The lowest BCUT2D eigenvalue weighted by molar-refractivity contribution is 0.111. The van der Waals surface area contributed by atoms with Crippen LogP contribution in [0.1, 0.15) is 58.1 Å². The molecule has 7 nitrogen and oxygen atoms in total. The molecule has 0 aromatic heterocycles. The normalized spacial score (nSPS) is 16.8. The van der Waals surface area contributed by atoms with Gasteiger partial charge in [0.2, 0.25) is 0 Å². The number of carbonyl (C=O) groups is 1. The van der Waals surface area contributed by atoms with E-state index in [1.54, 1.807) is 11.9 Å². The van der Waals surface area contributed by atoms with Gasteiger partial charge >= 0.3 is 6.09 Å². The number of benzene rings is 1. The standard InChI is InChI=1S/C23H39N5O2/c1-6-23(7-2,27-18(3)19-11-9-8-10-12-19)17-25-21(24-4)26-20-13-15-28(16-14-20)22(29)30-5/h8-12,18,20,27H,6-7,13-17H2,1-5H3,(H2,24,25,26). The molecule has 0 aliphatic carbocycles. The minimum Gasteiger partial charge on any atom is -0.453 e. The predicted octanol–water partition coefficient (Wildman–Crippen LogP) is 3.29. The molecule has 0 saturated carbocycles. The van der Waals surface area contributed by atoms with E-state index in [-0.39, 0.29) is 17.7 Å². The van der Waals surface area contributed by atoms with Crippen molar-refractivity contribution in [1.29, 1.82) is 0 Å². The van der Waals surface area contributed by atoms with Crippen LogP contribution in [-0.2, 0) is 4.74 Å². The third-order valence-electron chi connectivity index (χ3n) is 6.26. The Morgan fingerprint density at radius 3 is 2.40 bits per heavy atom. The molecule has 0 spiro atoms. The summed E-state index contributed by atoms with van der Waals surface area (Å²) < 4.78 is 4.82. The molecule has 1 aliphatic heterocycles. The third-order valence-corrected chi connectivity index (χ3v) is 6.26. The average molecular weight is 418 g/mol. The van der Waals surface area contributed by atoms with Gasteiger partial charge in [-0.05, 0) is 38.2 Å². The highest BCUT2D eigenvalue weighted by atomic mass is 16.5. The zero-order valence-corrected chi connectivity index (χ0v) is 19.2. The Balaban J connectivity index is 1.90. The fraction of sp³-hybridized carbons (Fsp3) is 0.652. The molecule has 3 N–H and O–H groups in total. The summed E-state index contributed by atoms with van der Waals surface area (Å²) in [4.78, 5) is 17.8. The van der Waals surface area contributed by atoms with Gasteiger partial charge in [0.15, 0.2) is 5.96 Å². The summed E-state index contributed by atoms with van der Waals surface area (Å²) in [5, 5.41) is 10.9. The van der Waals surface area contributed by atoms with Crippen molar-refractivity contribution >= 4 is 12.1 Å². The van der Waals surface area contributed by atoms with E-state index in [9.17, 15) is 4.79 Å². The molecule has 1 unspecified atom stereocenters. The van der Waals surface area contributed by atoms with Crippen LogP contribution in [0.15, 0.2) is 35.3 Å². The summed E-state index contributed by atoms with van der Waals surface area (Å²) in [6.45, 7) is 8.87. The van der Waals surface area contributed by atoms with Crippen LogP contribution < -0.4 is 16.0 Å². The van der Waals surface area contributed by atoms with E-state index in [4.69, 9.17) is 4.74 Å². The summed E-state index contributed by atoms with van der Waals surface area (Å²) in [5.74, 6) is 0.812. The molecule has 1 aliphatic rings. The van der Waals surface area contributed by atoms with Gasteiger partial charge in [-0.25, -0.2) is 4.79 Å². The first-order valence-electron chi connectivity index (χ1n) is 11.1. The number of rotatable bonds is 8. The minimum atomic E-state index is -0.245. The van der Waals surface area contributed by atoms with Crippen LogP contribution in [0.3, 0.4) is 0 Å². The van der Waals surface area contributed by atoms with Crippen LogP contribution in [0.2, 0.25) is 0 Å². The van der Waals surface area contributed by atoms with Crippen molar-refractivity contribution in [3.05, 3.63) is 35.9 Å². The maximum Gasteiger partial charge on any atom is 0.409 e. The van der Waals surface area contributed by atoms with Crippen molar-refractivity contribution in [1.82, 2.24) is 20.9 Å². The van der Waals surface area contributed by atoms with Crippen molar-refractivity contribution in [2.75, 3.05) is 33.8 Å². The first-order valence-corrected chi connectivity index (χ1v) is 11.1. The molecule has 1 aromatic carbocycles. The van der Waals surface area contributed by atoms with Crippen molar-refractivity contribution in [2.45, 2.75) is 64.1 Å². The Kier molecular flexibility index (Phi) is 9.43. The number of hydrogen-bond acceptors (Lipinski definition) is 4. The Morgan fingerprint density at radius 1 is 1.23 bits per heavy atom. The molecule has 1 amide bonds. The van der Waals surface area contributed by atoms with Crippen LogP contribution in [0.4, 0.5) is 4.79 Å². The molecule has 30 heavy (non-hydrogen) atoms. The van der Waals surface area contributed by atoms with Crippen LogP contribution in [-0.4, -0.2) is 62.3 Å². The number of methoxy groups -OCH3 is 1. The van der Waals surface area contributed by atoms with Crippen molar-refractivity contribution in [3.63, 3.8) is 0 Å². The highest BCUT2D eigenvalue weighted by molar-refractivity contribution is 5.80. The van der Waals surface area contributed by atoms with E-state index in [1.165, 1.54) is 12.7 Å². The van der Waals surface area contributed by atoms with Crippen LogP contribution >= 0.6 is 0 Å². The van der Waals surface area contributed by atoms with E-state index in [1.807, 2.05) is 0 Å². The number of carbonyl (C=O) groups excluding carboxylic acids is 1. The molecule has 0 radical (unpaired) electrons. The number of hydrogen-bond donors (Lipinski definition) is 3. The second-order valence-electron chi connectivity index (χ2n) is 8.07. The molecule has 2 rings (SSSR count). The lowest BCUT2D eigenvalue weighted by Gasteiger charge is -2.37. The van der Waals surface area contributed by atoms with Gasteiger partial charge in [-0.1, -0.05) is 44.2 Å². The molecular formula is C23H39N5O2. The minimum absolute atomic E-state index is 0.0267. The summed E-state index contributed by atoms with van der Waals surface area (Å²) in [7, 11) is 3.23. The van der Waals surface area contributed by atoms with Gasteiger partial charge in [0.05, 0.1) is 7.11 Å². The quantitative estimate of drug-likeness (QED) is 0.447. The number of aliphatic imine (C=N–C) groups is 1. The summed E-state index contributed by atoms with van der Waals surface area (Å²) in [5.41, 5.74) is 1.27. The highest BCUT2D eigenvalue weighted by Gasteiger charge is 2.29. The average Bonchev–Trinajstić information content (AvgIpc) is 2.81. The fourth-order valence-electron chi connectivity index (χ4n) is 4.02. The first-order chi connectivity index (χ1) is 14.5. The second kappa shape index (κ2) is 11.8. The van der Waals surface area contributed by atoms with Gasteiger partial charge in [0, 0.05) is 44.3 Å². The molecule has 1 fully saturated rings. The number of nitrogens with one attached hydrogen (secondary N) is 3. The van der Waals surface area contributed by atoms with E-state index in [2.05, 4.69) is 72.0 Å². The monoisotopic (exact) mass is 417 g/mol.